The molecule has 1 atom stereocenters. The number of methoxy groups -OCH3 is 1. The lowest BCUT2D eigenvalue weighted by atomic mass is 9.85. The van der Waals surface area contributed by atoms with Gasteiger partial charge in [-0.25, -0.2) is 14.5 Å². The van der Waals surface area contributed by atoms with E-state index < -0.39 is 18.4 Å². The molecule has 250 valence electrons. The molecule has 0 spiro atoms. The predicted molar refractivity (Wildman–Crippen MR) is 181 cm³/mol. The number of aliphatic imine (C=N–C) groups is 1. The normalized spacial score (nSPS) is 15.0. The van der Waals surface area contributed by atoms with Crippen LogP contribution in [-0.2, 0) is 26.2 Å². The van der Waals surface area contributed by atoms with Crippen LogP contribution >= 0.6 is 24.0 Å². The Morgan fingerprint density at radius 2 is 1.75 bits per heavy atom. The number of thiocarbonyl (C=S) groups is 1. The highest BCUT2D eigenvalue weighted by molar-refractivity contribution is 8.15. The van der Waals surface area contributed by atoms with Gasteiger partial charge in [0.05, 0.1) is 24.2 Å². The average Bonchev–Trinajstić information content (AvgIpc) is 3.67. The first kappa shape index (κ1) is 34.6. The van der Waals surface area contributed by atoms with Crippen LogP contribution in [0.15, 0.2) is 84.1 Å². The van der Waals surface area contributed by atoms with Gasteiger partial charge in [-0.3, -0.25) is 9.69 Å². The molecule has 1 fully saturated rings. The minimum atomic E-state index is -4.78. The van der Waals surface area contributed by atoms with Gasteiger partial charge in [-0.1, -0.05) is 75.0 Å². The number of hydrogen-bond donors (Lipinski definition) is 1. The van der Waals surface area contributed by atoms with Gasteiger partial charge >= 0.3 is 12.3 Å². The zero-order valence-corrected chi connectivity index (χ0v) is 27.9. The van der Waals surface area contributed by atoms with Crippen molar-refractivity contribution in [2.45, 2.75) is 45.0 Å². The third-order valence-corrected chi connectivity index (χ3v) is 8.31. The zero-order chi connectivity index (χ0) is 34.6. The molecule has 1 N–H and O–H groups in total. The molecule has 15 heteroatoms. The summed E-state index contributed by atoms with van der Waals surface area (Å²) in [6.07, 6.45) is -3.12. The number of aromatic nitrogens is 3. The van der Waals surface area contributed by atoms with Crippen LogP contribution in [0.5, 0.6) is 5.75 Å². The van der Waals surface area contributed by atoms with Crippen molar-refractivity contribution in [2.75, 3.05) is 17.8 Å². The summed E-state index contributed by atoms with van der Waals surface area (Å²) in [5.74, 6) is -0.401. The monoisotopic (exact) mass is 696 g/mol. The number of benzene rings is 3. The number of nitrogens with one attached hydrogen (secondary N) is 1. The number of anilines is 1. The van der Waals surface area contributed by atoms with Gasteiger partial charge < -0.3 is 14.8 Å². The Labute approximate surface area is 284 Å². The van der Waals surface area contributed by atoms with Crippen LogP contribution in [0, 0.1) is 0 Å². The second kappa shape index (κ2) is 14.2. The van der Waals surface area contributed by atoms with Gasteiger partial charge in [0, 0.05) is 12.0 Å². The maximum absolute atomic E-state index is 13.0. The van der Waals surface area contributed by atoms with E-state index in [-0.39, 0.29) is 34.4 Å². The van der Waals surface area contributed by atoms with E-state index in [0.29, 0.717) is 22.2 Å². The summed E-state index contributed by atoms with van der Waals surface area (Å²) in [4.78, 5) is 36.1. The van der Waals surface area contributed by atoms with Crippen LogP contribution in [-0.4, -0.2) is 62.2 Å². The minimum Gasteiger partial charge on any atom is -0.467 e. The first-order chi connectivity index (χ1) is 22.7. The van der Waals surface area contributed by atoms with Gasteiger partial charge in [0.1, 0.15) is 18.1 Å². The maximum atomic E-state index is 13.0. The predicted octanol–water partition coefficient (Wildman–Crippen LogP) is 6.23. The van der Waals surface area contributed by atoms with E-state index in [9.17, 15) is 22.8 Å². The smallest absolute Gasteiger partial charge is 0.467 e. The fourth-order valence-electron chi connectivity index (χ4n) is 4.93. The lowest BCUT2D eigenvalue weighted by Crippen LogP contribution is -2.42. The molecule has 1 aromatic heterocycles. The Hall–Kier alpha value is -4.76. The van der Waals surface area contributed by atoms with E-state index in [1.165, 1.54) is 54.1 Å². The summed E-state index contributed by atoms with van der Waals surface area (Å²) in [6, 6.07) is 19.2. The van der Waals surface area contributed by atoms with Gasteiger partial charge in [0.15, 0.2) is 16.1 Å². The summed E-state index contributed by atoms with van der Waals surface area (Å²) in [6.45, 7) is 6.21. The summed E-state index contributed by atoms with van der Waals surface area (Å²) in [7, 11) is 1.28. The molecule has 2 heterocycles. The van der Waals surface area contributed by atoms with Crippen LogP contribution in [0.1, 0.15) is 31.9 Å². The molecule has 5 rings (SSSR count). The van der Waals surface area contributed by atoms with Crippen molar-refractivity contribution >= 4 is 51.8 Å². The first-order valence-corrected chi connectivity index (χ1v) is 16.0. The number of alkyl halides is 3. The summed E-state index contributed by atoms with van der Waals surface area (Å²) in [5.41, 5.74) is 3.45. The Balaban J connectivity index is 1.27. The molecule has 0 radical (unpaired) electrons. The average molecular weight is 697 g/mol. The fraction of sp³-hybridized carbons (Fsp3) is 0.273. The Morgan fingerprint density at radius 3 is 2.40 bits per heavy atom. The molecular weight excluding hydrogens is 666 g/mol. The summed E-state index contributed by atoms with van der Waals surface area (Å²) in [5, 5.41) is 7.85. The molecule has 1 saturated heterocycles. The molecule has 10 nitrogen and oxygen atoms in total. The number of hydrogen-bond acceptors (Lipinski definition) is 8. The Kier molecular flexibility index (Phi) is 10.2. The number of carbonyl (C=O) groups is 2. The molecule has 1 aliphatic heterocycles. The van der Waals surface area contributed by atoms with E-state index in [2.05, 4.69) is 45.9 Å². The second-order valence-electron chi connectivity index (χ2n) is 11.7. The molecule has 4 aromatic rings. The largest absolute Gasteiger partial charge is 0.573 e. The third kappa shape index (κ3) is 8.39. The Bertz CT molecular complexity index is 1840. The number of thioether (sulfide) groups is 1. The molecular formula is C33H31F3N6O4S2. The molecule has 1 unspecified atom stereocenters. The van der Waals surface area contributed by atoms with E-state index in [0.717, 1.165) is 16.8 Å². The SMILES string of the molecule is COC(=O)C(Cc1ccc(-c2ncn(-c3ccc(OC(F)(F)F)cc3)n2)cc1)NC(=S)N=C1SCC(=O)N1c1ccccc1C(C)(C)C. The molecule has 0 bridgehead atoms. The van der Waals surface area contributed by atoms with Gasteiger partial charge in [-0.2, -0.15) is 4.99 Å². The lowest BCUT2D eigenvalue weighted by Gasteiger charge is -2.27. The molecule has 3 aromatic carbocycles. The highest BCUT2D eigenvalue weighted by Crippen LogP contribution is 2.36. The molecule has 1 amide bonds. The van der Waals surface area contributed by atoms with Crippen molar-refractivity contribution in [3.8, 4) is 22.8 Å². The highest BCUT2D eigenvalue weighted by Gasteiger charge is 2.34. The topological polar surface area (TPSA) is 111 Å². The summed E-state index contributed by atoms with van der Waals surface area (Å²) >= 11 is 6.79. The molecule has 1 aliphatic rings. The van der Waals surface area contributed by atoms with Crippen LogP contribution in [0.2, 0.25) is 0 Å². The third-order valence-electron chi connectivity index (χ3n) is 7.18. The quantitative estimate of drug-likeness (QED) is 0.170. The fourth-order valence-corrected chi connectivity index (χ4v) is 6.09. The van der Waals surface area contributed by atoms with E-state index in [1.54, 1.807) is 17.0 Å². The Morgan fingerprint density at radius 1 is 1.06 bits per heavy atom. The number of carbonyl (C=O) groups excluding carboxylic acids is 2. The molecule has 0 saturated carbocycles. The number of nitrogens with zero attached hydrogens (tertiary/aromatic N) is 5. The number of amides is 1. The highest BCUT2D eigenvalue weighted by atomic mass is 32.2. The standard InChI is InChI=1S/C33H31F3N6O4S2/c1-32(2,3)24-7-5-6-8-26(24)42-27(43)18-48-31(42)39-30(47)38-25(29(44)45-4)17-20-9-11-21(12-10-20)28-37-19-41(40-28)22-13-15-23(16-14-22)46-33(34,35)36/h5-16,19,25H,17-18H2,1-4H3,(H,38,47). The maximum Gasteiger partial charge on any atom is 0.573 e. The van der Waals surface area contributed by atoms with Gasteiger partial charge in [0.2, 0.25) is 5.91 Å². The van der Waals surface area contributed by atoms with Crippen molar-refractivity contribution in [1.29, 1.82) is 0 Å². The minimum absolute atomic E-state index is 0.0326. The number of halogens is 3. The van der Waals surface area contributed by atoms with E-state index >= 15 is 0 Å². The number of ether oxygens (including phenoxy) is 2. The van der Waals surface area contributed by atoms with Crippen molar-refractivity contribution in [2.24, 2.45) is 4.99 Å². The van der Waals surface area contributed by atoms with Crippen LogP contribution < -0.4 is 15.0 Å². The number of amidine groups is 1. The van der Waals surface area contributed by atoms with Crippen LogP contribution in [0.3, 0.4) is 0 Å². The van der Waals surface area contributed by atoms with Crippen molar-refractivity contribution < 1.29 is 32.2 Å². The number of rotatable bonds is 8. The second-order valence-corrected chi connectivity index (χ2v) is 13.0. The van der Waals surface area contributed by atoms with Crippen molar-refractivity contribution in [3.63, 3.8) is 0 Å². The van der Waals surface area contributed by atoms with Gasteiger partial charge in [0.25, 0.3) is 0 Å². The summed E-state index contributed by atoms with van der Waals surface area (Å²) < 4.78 is 47.7. The number of para-hydroxylation sites is 1. The first-order valence-electron chi connectivity index (χ1n) is 14.6. The van der Waals surface area contributed by atoms with Crippen molar-refractivity contribution in [3.05, 3.63) is 90.3 Å². The van der Waals surface area contributed by atoms with Gasteiger partial charge in [-0.15, -0.1) is 18.3 Å². The van der Waals surface area contributed by atoms with E-state index in [1.807, 2.05) is 36.4 Å². The van der Waals surface area contributed by atoms with Crippen LogP contribution in [0.4, 0.5) is 18.9 Å². The molecule has 48 heavy (non-hydrogen) atoms. The zero-order valence-electron chi connectivity index (χ0n) is 26.3. The van der Waals surface area contributed by atoms with Gasteiger partial charge in [-0.05, 0) is 59.1 Å². The number of esters is 1. The molecule has 0 aliphatic carbocycles. The van der Waals surface area contributed by atoms with Crippen LogP contribution in [0.25, 0.3) is 17.1 Å². The van der Waals surface area contributed by atoms with Crippen molar-refractivity contribution in [1.82, 2.24) is 20.1 Å². The van der Waals surface area contributed by atoms with E-state index in [4.69, 9.17) is 17.0 Å². The lowest BCUT2D eigenvalue weighted by molar-refractivity contribution is -0.274.